The van der Waals surface area contributed by atoms with E-state index in [1.165, 1.54) is 24.3 Å². The molecule has 2 aromatic carbocycles. The van der Waals surface area contributed by atoms with Gasteiger partial charge in [-0.05, 0) is 42.8 Å². The highest BCUT2D eigenvalue weighted by atomic mass is 35.5. The van der Waals surface area contributed by atoms with Gasteiger partial charge in [0.15, 0.2) is 0 Å². The van der Waals surface area contributed by atoms with Crippen LogP contribution in [-0.4, -0.2) is 20.9 Å². The van der Waals surface area contributed by atoms with Crippen LogP contribution in [0.5, 0.6) is 0 Å². The second-order valence-electron chi connectivity index (χ2n) is 5.15. The number of nitrogens with one attached hydrogen (secondary N) is 2. The molecule has 0 heterocycles. The Labute approximate surface area is 156 Å². The van der Waals surface area contributed by atoms with Crippen molar-refractivity contribution in [3.63, 3.8) is 0 Å². The fourth-order valence-corrected chi connectivity index (χ4v) is 3.73. The zero-order chi connectivity index (χ0) is 18.6. The number of halogens is 2. The fourth-order valence-electron chi connectivity index (χ4n) is 2.03. The van der Waals surface area contributed by atoms with Gasteiger partial charge in [-0.15, -0.1) is 6.58 Å². The number of hydrogen-bond donors (Lipinski definition) is 2. The zero-order valence-electron chi connectivity index (χ0n) is 13.3. The summed E-state index contributed by atoms with van der Waals surface area (Å²) in [7, 11) is -3.85. The van der Waals surface area contributed by atoms with Gasteiger partial charge in [-0.3, -0.25) is 4.79 Å². The van der Waals surface area contributed by atoms with E-state index in [0.29, 0.717) is 16.3 Å². The molecule has 0 aromatic heterocycles. The van der Waals surface area contributed by atoms with Crippen molar-refractivity contribution in [3.05, 3.63) is 70.2 Å². The molecule has 0 spiro atoms. The Morgan fingerprint density at radius 3 is 2.60 bits per heavy atom. The molecule has 25 heavy (non-hydrogen) atoms. The first-order valence-corrected chi connectivity index (χ1v) is 9.46. The summed E-state index contributed by atoms with van der Waals surface area (Å²) in [6, 6.07) is 9.17. The second-order valence-corrected chi connectivity index (χ2v) is 7.70. The Kier molecular flexibility index (Phi) is 6.24. The molecule has 0 radical (unpaired) electrons. The van der Waals surface area contributed by atoms with Gasteiger partial charge in [-0.1, -0.05) is 35.3 Å². The third kappa shape index (κ3) is 4.61. The van der Waals surface area contributed by atoms with Gasteiger partial charge < -0.3 is 5.32 Å². The first kappa shape index (κ1) is 19.5. The van der Waals surface area contributed by atoms with E-state index >= 15 is 0 Å². The van der Waals surface area contributed by atoms with Gasteiger partial charge >= 0.3 is 0 Å². The summed E-state index contributed by atoms with van der Waals surface area (Å²) in [5.74, 6) is -0.470. The Bertz CT molecular complexity index is 927. The topological polar surface area (TPSA) is 75.3 Å². The SMILES string of the molecule is C=CCNS(=O)(=O)c1cc(C(=O)Nc2cccc(Cl)c2C)ccc1Cl. The van der Waals surface area contributed by atoms with Crippen molar-refractivity contribution in [2.45, 2.75) is 11.8 Å². The summed E-state index contributed by atoms with van der Waals surface area (Å²) in [6.45, 7) is 5.28. The Hall–Kier alpha value is -1.86. The van der Waals surface area contributed by atoms with E-state index < -0.39 is 15.9 Å². The average molecular weight is 399 g/mol. The van der Waals surface area contributed by atoms with Crippen LogP contribution in [0.25, 0.3) is 0 Å². The Morgan fingerprint density at radius 2 is 1.92 bits per heavy atom. The molecule has 0 saturated heterocycles. The van der Waals surface area contributed by atoms with Crippen molar-refractivity contribution in [1.29, 1.82) is 0 Å². The van der Waals surface area contributed by atoms with Gasteiger partial charge in [0.25, 0.3) is 5.91 Å². The number of rotatable bonds is 6. The molecule has 0 aliphatic heterocycles. The predicted molar refractivity (Wildman–Crippen MR) is 101 cm³/mol. The highest BCUT2D eigenvalue weighted by Crippen LogP contribution is 2.25. The minimum Gasteiger partial charge on any atom is -0.322 e. The van der Waals surface area contributed by atoms with E-state index in [0.717, 1.165) is 0 Å². The van der Waals surface area contributed by atoms with E-state index in [-0.39, 0.29) is 22.0 Å². The number of hydrogen-bond acceptors (Lipinski definition) is 3. The number of carbonyl (C=O) groups is 1. The minimum atomic E-state index is -3.85. The van der Waals surface area contributed by atoms with Crippen molar-refractivity contribution in [1.82, 2.24) is 4.72 Å². The van der Waals surface area contributed by atoms with Crippen LogP contribution in [-0.2, 0) is 10.0 Å². The minimum absolute atomic E-state index is 0.0204. The number of anilines is 1. The van der Waals surface area contributed by atoms with Crippen molar-refractivity contribution >= 4 is 44.8 Å². The van der Waals surface area contributed by atoms with Crippen molar-refractivity contribution in [2.75, 3.05) is 11.9 Å². The predicted octanol–water partition coefficient (Wildman–Crippen LogP) is 4.02. The highest BCUT2D eigenvalue weighted by molar-refractivity contribution is 7.89. The first-order chi connectivity index (χ1) is 11.8. The smallest absolute Gasteiger partial charge is 0.255 e. The van der Waals surface area contributed by atoms with Gasteiger partial charge in [-0.25, -0.2) is 13.1 Å². The molecule has 0 bridgehead atoms. The van der Waals surface area contributed by atoms with Gasteiger partial charge in [0.2, 0.25) is 10.0 Å². The lowest BCUT2D eigenvalue weighted by Crippen LogP contribution is -2.24. The quantitative estimate of drug-likeness (QED) is 0.721. The molecule has 0 fully saturated rings. The molecule has 132 valence electrons. The standard InChI is InChI=1S/C17H16Cl2N2O3S/c1-3-9-20-25(23,24)16-10-12(7-8-14(16)19)17(22)21-15-6-4-5-13(18)11(15)2/h3-8,10,20H,1,9H2,2H3,(H,21,22). The van der Waals surface area contributed by atoms with Crippen LogP contribution >= 0.6 is 23.2 Å². The summed E-state index contributed by atoms with van der Waals surface area (Å²) < 4.78 is 26.8. The lowest BCUT2D eigenvalue weighted by molar-refractivity contribution is 0.102. The van der Waals surface area contributed by atoms with Crippen LogP contribution in [0.4, 0.5) is 5.69 Å². The Morgan fingerprint density at radius 1 is 1.20 bits per heavy atom. The van der Waals surface area contributed by atoms with Crippen molar-refractivity contribution in [3.8, 4) is 0 Å². The fraction of sp³-hybridized carbons (Fsp3) is 0.118. The molecule has 2 N–H and O–H groups in total. The van der Waals surface area contributed by atoms with E-state index in [1.807, 2.05) is 0 Å². The van der Waals surface area contributed by atoms with Crippen molar-refractivity contribution in [2.24, 2.45) is 0 Å². The summed E-state index contributed by atoms with van der Waals surface area (Å²) in [5.41, 5.74) is 1.41. The number of carbonyl (C=O) groups excluding carboxylic acids is 1. The molecule has 0 saturated carbocycles. The molecule has 5 nitrogen and oxygen atoms in total. The molecule has 2 aromatic rings. The van der Waals surface area contributed by atoms with E-state index in [4.69, 9.17) is 23.2 Å². The van der Waals surface area contributed by atoms with Crippen LogP contribution < -0.4 is 10.0 Å². The van der Waals surface area contributed by atoms with E-state index in [2.05, 4.69) is 16.6 Å². The maximum Gasteiger partial charge on any atom is 0.255 e. The van der Waals surface area contributed by atoms with Gasteiger partial charge in [-0.2, -0.15) is 0 Å². The Balaban J connectivity index is 2.34. The van der Waals surface area contributed by atoms with Gasteiger partial charge in [0.1, 0.15) is 4.90 Å². The van der Waals surface area contributed by atoms with Gasteiger partial charge in [0.05, 0.1) is 5.02 Å². The molecule has 0 atom stereocenters. The lowest BCUT2D eigenvalue weighted by atomic mass is 10.1. The number of benzene rings is 2. The monoisotopic (exact) mass is 398 g/mol. The first-order valence-electron chi connectivity index (χ1n) is 7.23. The van der Waals surface area contributed by atoms with E-state index in [1.54, 1.807) is 25.1 Å². The summed E-state index contributed by atoms with van der Waals surface area (Å²) >= 11 is 12.0. The van der Waals surface area contributed by atoms with E-state index in [9.17, 15) is 13.2 Å². The van der Waals surface area contributed by atoms with Crippen LogP contribution in [0.2, 0.25) is 10.0 Å². The summed E-state index contributed by atoms with van der Waals surface area (Å²) in [6.07, 6.45) is 1.41. The summed E-state index contributed by atoms with van der Waals surface area (Å²) in [4.78, 5) is 12.3. The number of sulfonamides is 1. The van der Waals surface area contributed by atoms with Crippen LogP contribution in [0, 0.1) is 6.92 Å². The molecule has 0 unspecified atom stereocenters. The van der Waals surface area contributed by atoms with Crippen LogP contribution in [0.15, 0.2) is 53.9 Å². The second kappa shape index (κ2) is 8.01. The summed E-state index contributed by atoms with van der Waals surface area (Å²) in [5, 5.41) is 3.25. The zero-order valence-corrected chi connectivity index (χ0v) is 15.7. The molecule has 1 amide bonds. The molecule has 8 heteroatoms. The maximum atomic E-state index is 12.5. The number of amides is 1. The third-order valence-corrected chi connectivity index (χ3v) is 5.73. The molecular weight excluding hydrogens is 383 g/mol. The molecular formula is C17H16Cl2N2O3S. The highest BCUT2D eigenvalue weighted by Gasteiger charge is 2.20. The molecule has 0 aliphatic carbocycles. The largest absolute Gasteiger partial charge is 0.322 e. The molecule has 0 aliphatic rings. The van der Waals surface area contributed by atoms with Crippen LogP contribution in [0.3, 0.4) is 0 Å². The maximum absolute atomic E-state index is 12.5. The van der Waals surface area contributed by atoms with Crippen molar-refractivity contribution < 1.29 is 13.2 Å². The van der Waals surface area contributed by atoms with Crippen LogP contribution in [0.1, 0.15) is 15.9 Å². The molecule has 2 rings (SSSR count). The normalized spacial score (nSPS) is 11.2. The average Bonchev–Trinajstić information content (AvgIpc) is 2.57. The third-order valence-electron chi connectivity index (χ3n) is 3.42. The lowest BCUT2D eigenvalue weighted by Gasteiger charge is -2.11. The van der Waals surface area contributed by atoms with Gasteiger partial charge in [0, 0.05) is 22.8 Å².